The Kier molecular flexibility index (Phi) is 6.50. The summed E-state index contributed by atoms with van der Waals surface area (Å²) in [5, 5.41) is 0. The molecule has 3 aromatic rings. The van der Waals surface area contributed by atoms with Gasteiger partial charge in [-0.1, -0.05) is 24.3 Å². The third-order valence-corrected chi connectivity index (χ3v) is 6.97. The molecule has 31 heavy (non-hydrogen) atoms. The lowest BCUT2D eigenvalue weighted by atomic mass is 10.1. The molecule has 1 N–H and O–H groups in total. The van der Waals surface area contributed by atoms with Crippen LogP contribution in [0, 0.1) is 0 Å². The molecule has 1 aromatic heterocycles. The summed E-state index contributed by atoms with van der Waals surface area (Å²) < 4.78 is 32.0. The molecule has 0 aliphatic rings. The van der Waals surface area contributed by atoms with Gasteiger partial charge in [-0.3, -0.25) is 9.71 Å². The number of nitrogens with zero attached hydrogens (tertiary/aromatic N) is 3. The molecular weight excluding hydrogens is 412 g/mol. The highest BCUT2D eigenvalue weighted by molar-refractivity contribution is 7.94. The van der Waals surface area contributed by atoms with Crippen molar-refractivity contribution in [3.05, 3.63) is 66.5 Å². The second kappa shape index (κ2) is 8.93. The summed E-state index contributed by atoms with van der Waals surface area (Å²) in [7, 11) is 0.0661. The van der Waals surface area contributed by atoms with Gasteiger partial charge in [0.05, 0.1) is 11.9 Å². The molecule has 0 amide bonds. The molecule has 0 atom stereocenters. The summed E-state index contributed by atoms with van der Waals surface area (Å²) in [4.78, 5) is 10.7. The fourth-order valence-electron chi connectivity index (χ4n) is 2.87. The van der Waals surface area contributed by atoms with Crippen LogP contribution in [0.1, 0.15) is 26.3 Å². The van der Waals surface area contributed by atoms with Crippen molar-refractivity contribution in [2.45, 2.75) is 32.1 Å². The first kappa shape index (κ1) is 22.6. The fourth-order valence-corrected chi connectivity index (χ4v) is 3.58. The molecule has 0 saturated heterocycles. The number of hydrogen-bond acceptors (Lipinski definition) is 6. The molecule has 3 rings (SSSR count). The maximum Gasteiger partial charge on any atom is 0.238 e. The average molecular weight is 441 g/mol. The molecule has 1 heterocycles. The van der Waals surface area contributed by atoms with Gasteiger partial charge in [0.2, 0.25) is 10.0 Å². The van der Waals surface area contributed by atoms with Crippen LogP contribution in [0.25, 0.3) is 11.3 Å². The molecule has 0 fully saturated rings. The molecule has 0 saturated carbocycles. The predicted molar refractivity (Wildman–Crippen MR) is 125 cm³/mol. The summed E-state index contributed by atoms with van der Waals surface area (Å²) >= 11 is 0. The van der Waals surface area contributed by atoms with Crippen molar-refractivity contribution >= 4 is 21.5 Å². The summed E-state index contributed by atoms with van der Waals surface area (Å²) in [6, 6.07) is 15.8. The van der Waals surface area contributed by atoms with E-state index in [9.17, 15) is 8.42 Å². The average Bonchev–Trinajstić information content (AvgIpc) is 2.74. The van der Waals surface area contributed by atoms with Gasteiger partial charge < -0.3 is 9.64 Å². The Morgan fingerprint density at radius 3 is 2.16 bits per heavy atom. The van der Waals surface area contributed by atoms with Gasteiger partial charge in [-0.15, -0.1) is 0 Å². The Labute approximate surface area is 184 Å². The first-order chi connectivity index (χ1) is 14.6. The van der Waals surface area contributed by atoms with E-state index in [0.717, 1.165) is 29.1 Å². The first-order valence-electron chi connectivity index (χ1n) is 9.88. The monoisotopic (exact) mass is 440 g/mol. The third-order valence-electron chi connectivity index (χ3n) is 4.90. The highest BCUT2D eigenvalue weighted by Crippen LogP contribution is 2.27. The highest BCUT2D eigenvalue weighted by Gasteiger charge is 2.30. The SMILES string of the molecule is COc1ccc(N(C)Cc2ccc(-c3nccnc3NS(=O)(=O)C(C)(C)C)cc2)cc1. The number of rotatable bonds is 7. The van der Waals surface area contributed by atoms with Crippen molar-refractivity contribution < 1.29 is 13.2 Å². The number of ether oxygens (including phenoxy) is 1. The molecule has 0 spiro atoms. The van der Waals surface area contributed by atoms with Crippen molar-refractivity contribution in [2.75, 3.05) is 23.8 Å². The minimum absolute atomic E-state index is 0.223. The maximum atomic E-state index is 12.6. The fraction of sp³-hybridized carbons (Fsp3) is 0.304. The molecule has 0 aliphatic heterocycles. The van der Waals surface area contributed by atoms with E-state index in [1.54, 1.807) is 34.1 Å². The lowest BCUT2D eigenvalue weighted by Gasteiger charge is -2.21. The third kappa shape index (κ3) is 5.32. The molecule has 164 valence electrons. The lowest BCUT2D eigenvalue weighted by molar-refractivity contribution is 0.415. The van der Waals surface area contributed by atoms with Gasteiger partial charge >= 0.3 is 0 Å². The molecule has 0 aliphatic carbocycles. The number of hydrogen-bond donors (Lipinski definition) is 1. The zero-order valence-corrected chi connectivity index (χ0v) is 19.3. The van der Waals surface area contributed by atoms with Crippen LogP contribution in [-0.4, -0.2) is 37.3 Å². The van der Waals surface area contributed by atoms with Gasteiger partial charge in [0.1, 0.15) is 11.4 Å². The van der Waals surface area contributed by atoms with Crippen LogP contribution in [0.3, 0.4) is 0 Å². The second-order valence-corrected chi connectivity index (χ2v) is 10.7. The Morgan fingerprint density at radius 1 is 0.968 bits per heavy atom. The van der Waals surface area contributed by atoms with Gasteiger partial charge in [0, 0.05) is 37.2 Å². The summed E-state index contributed by atoms with van der Waals surface area (Å²) in [5.41, 5.74) is 3.47. The van der Waals surface area contributed by atoms with Crippen LogP contribution in [0.15, 0.2) is 60.9 Å². The van der Waals surface area contributed by atoms with Crippen molar-refractivity contribution in [3.63, 3.8) is 0 Å². The molecule has 8 heteroatoms. The number of benzene rings is 2. The zero-order valence-electron chi connectivity index (χ0n) is 18.5. The van der Waals surface area contributed by atoms with Crippen molar-refractivity contribution in [3.8, 4) is 17.0 Å². The quantitative estimate of drug-likeness (QED) is 0.589. The van der Waals surface area contributed by atoms with Gasteiger partial charge in [-0.25, -0.2) is 13.4 Å². The molecule has 0 bridgehead atoms. The first-order valence-corrected chi connectivity index (χ1v) is 11.4. The predicted octanol–water partition coefficient (Wildman–Crippen LogP) is 4.33. The lowest BCUT2D eigenvalue weighted by Crippen LogP contribution is -2.34. The van der Waals surface area contributed by atoms with Crippen LogP contribution < -0.4 is 14.4 Å². The van der Waals surface area contributed by atoms with Crippen LogP contribution in [-0.2, 0) is 16.6 Å². The normalized spacial score (nSPS) is 11.8. The zero-order chi connectivity index (χ0) is 22.6. The van der Waals surface area contributed by atoms with Gasteiger partial charge in [0.15, 0.2) is 5.82 Å². The number of sulfonamides is 1. The van der Waals surface area contributed by atoms with Crippen LogP contribution in [0.4, 0.5) is 11.5 Å². The molecule has 0 radical (unpaired) electrons. The second-order valence-electron chi connectivity index (χ2n) is 8.22. The molecular formula is C23H28N4O3S. The number of nitrogens with one attached hydrogen (secondary N) is 1. The van der Waals surface area contributed by atoms with E-state index in [2.05, 4.69) is 19.6 Å². The van der Waals surface area contributed by atoms with E-state index < -0.39 is 14.8 Å². The molecule has 7 nitrogen and oxygen atoms in total. The minimum Gasteiger partial charge on any atom is -0.497 e. The van der Waals surface area contributed by atoms with Crippen LogP contribution in [0.2, 0.25) is 0 Å². The molecule has 2 aromatic carbocycles. The van der Waals surface area contributed by atoms with E-state index in [4.69, 9.17) is 4.74 Å². The summed E-state index contributed by atoms with van der Waals surface area (Å²) in [6.45, 7) is 5.63. The standard InChI is InChI=1S/C23H28N4O3S/c1-23(2,3)31(28,29)26-22-21(24-14-15-25-22)18-8-6-17(7-9-18)16-27(4)19-10-12-20(30-5)13-11-19/h6-15H,16H2,1-5H3,(H,25,26). The topological polar surface area (TPSA) is 84.4 Å². The summed E-state index contributed by atoms with van der Waals surface area (Å²) in [6.07, 6.45) is 3.03. The Balaban J connectivity index is 1.79. The van der Waals surface area contributed by atoms with Gasteiger partial charge in [-0.05, 0) is 50.6 Å². The van der Waals surface area contributed by atoms with Crippen molar-refractivity contribution in [2.24, 2.45) is 0 Å². The van der Waals surface area contributed by atoms with Crippen molar-refractivity contribution in [1.29, 1.82) is 0 Å². The smallest absolute Gasteiger partial charge is 0.238 e. The highest BCUT2D eigenvalue weighted by atomic mass is 32.2. The molecule has 0 unspecified atom stereocenters. The van der Waals surface area contributed by atoms with E-state index in [1.807, 2.05) is 55.6 Å². The Bertz CT molecular complexity index is 1120. The van der Waals surface area contributed by atoms with Crippen LogP contribution in [0.5, 0.6) is 5.75 Å². The number of methoxy groups -OCH3 is 1. The maximum absolute atomic E-state index is 12.6. The van der Waals surface area contributed by atoms with E-state index in [0.29, 0.717) is 5.69 Å². The Hall–Kier alpha value is -3.13. The van der Waals surface area contributed by atoms with Gasteiger partial charge in [0.25, 0.3) is 0 Å². The Morgan fingerprint density at radius 2 is 1.58 bits per heavy atom. The number of anilines is 2. The van der Waals surface area contributed by atoms with E-state index in [1.165, 1.54) is 6.20 Å². The largest absolute Gasteiger partial charge is 0.497 e. The van der Waals surface area contributed by atoms with Crippen LogP contribution >= 0.6 is 0 Å². The number of aromatic nitrogens is 2. The van der Waals surface area contributed by atoms with Gasteiger partial charge in [-0.2, -0.15) is 0 Å². The van der Waals surface area contributed by atoms with Crippen molar-refractivity contribution in [1.82, 2.24) is 9.97 Å². The summed E-state index contributed by atoms with van der Waals surface area (Å²) in [5.74, 6) is 1.05. The minimum atomic E-state index is -3.61. The van der Waals surface area contributed by atoms with E-state index in [-0.39, 0.29) is 5.82 Å². The van der Waals surface area contributed by atoms with E-state index >= 15 is 0 Å².